The number of nitrogens with one attached hydrogen (secondary N) is 1. The van der Waals surface area contributed by atoms with Gasteiger partial charge in [0.1, 0.15) is 5.75 Å². The van der Waals surface area contributed by atoms with Crippen molar-refractivity contribution in [3.05, 3.63) is 100 Å². The zero-order valence-electron chi connectivity index (χ0n) is 23.0. The predicted octanol–water partition coefficient (Wildman–Crippen LogP) is 4.16. The Kier molecular flexibility index (Phi) is 10.1. The molecular weight excluding hydrogens is 586 g/mol. The molecule has 0 spiro atoms. The number of rotatable bonds is 12. The van der Waals surface area contributed by atoms with Crippen molar-refractivity contribution in [2.24, 2.45) is 4.99 Å². The fraction of sp³-hybridized carbons (Fsp3) is 0.375. The second-order valence-corrected chi connectivity index (χ2v) is 11.1. The smallest absolute Gasteiger partial charge is 0.252 e. The Morgan fingerprint density at radius 3 is 2.49 bits per heavy atom. The normalized spacial score (nSPS) is 20.7. The minimum Gasteiger partial charge on any atom is -0.494 e. The molecule has 1 saturated heterocycles. The minimum absolute atomic E-state index is 0.0819. The summed E-state index contributed by atoms with van der Waals surface area (Å²) in [5.41, 5.74) is 1.42. The van der Waals surface area contributed by atoms with Crippen LogP contribution in [0.5, 0.6) is 5.75 Å². The van der Waals surface area contributed by atoms with Crippen LogP contribution in [-0.2, 0) is 20.7 Å². The summed E-state index contributed by atoms with van der Waals surface area (Å²) in [6.07, 6.45) is 0.316. The molecule has 0 aromatic heterocycles. The van der Waals surface area contributed by atoms with Crippen LogP contribution in [0, 0.1) is 0 Å². The number of aliphatic hydroxyl groups excluding tert-OH is 1. The van der Waals surface area contributed by atoms with Gasteiger partial charge in [-0.15, -0.1) is 0 Å². The second kappa shape index (κ2) is 14.1. The maximum absolute atomic E-state index is 14.3. The van der Waals surface area contributed by atoms with Crippen molar-refractivity contribution in [3.8, 4) is 5.75 Å². The van der Waals surface area contributed by atoms with Crippen LogP contribution in [0.3, 0.4) is 0 Å². The maximum atomic E-state index is 14.3. The van der Waals surface area contributed by atoms with Crippen LogP contribution in [0.2, 0.25) is 0 Å². The molecule has 2 aliphatic rings. The molecular formula is C32H36BrN3O5. The highest BCUT2D eigenvalue weighted by atomic mass is 79.9. The molecule has 8 nitrogen and oxygen atoms in total. The molecule has 2 heterocycles. The van der Waals surface area contributed by atoms with Gasteiger partial charge in [0, 0.05) is 55.7 Å². The summed E-state index contributed by atoms with van der Waals surface area (Å²) in [6.45, 7) is 4.91. The van der Waals surface area contributed by atoms with Gasteiger partial charge in [-0.25, -0.2) is 4.99 Å². The first-order valence-electron chi connectivity index (χ1n) is 14.1. The lowest BCUT2D eigenvalue weighted by molar-refractivity contribution is -0.129. The number of hydrogen-bond acceptors (Lipinski definition) is 7. The number of amides is 1. The zero-order valence-corrected chi connectivity index (χ0v) is 24.6. The molecule has 0 saturated carbocycles. The SMILES string of the molecule is O=C(NCCN1CCOCC1)[C@]1(Cc2ccc(Br)cc2)N=C(c2ccc(OCCCO)cc2)O[C@@H]1c1ccccc1. The largest absolute Gasteiger partial charge is 0.494 e. The fourth-order valence-corrected chi connectivity index (χ4v) is 5.39. The van der Waals surface area contributed by atoms with E-state index in [1.807, 2.05) is 78.9 Å². The van der Waals surface area contributed by atoms with E-state index in [1.165, 1.54) is 0 Å². The highest BCUT2D eigenvalue weighted by Gasteiger charge is 2.53. The lowest BCUT2D eigenvalue weighted by atomic mass is 9.82. The molecule has 41 heavy (non-hydrogen) atoms. The van der Waals surface area contributed by atoms with Gasteiger partial charge < -0.3 is 24.6 Å². The van der Waals surface area contributed by atoms with E-state index in [4.69, 9.17) is 24.3 Å². The van der Waals surface area contributed by atoms with E-state index >= 15 is 0 Å². The molecule has 3 aromatic carbocycles. The van der Waals surface area contributed by atoms with Crippen LogP contribution in [0.15, 0.2) is 88.3 Å². The van der Waals surface area contributed by atoms with Gasteiger partial charge in [-0.05, 0) is 47.5 Å². The topological polar surface area (TPSA) is 92.6 Å². The highest BCUT2D eigenvalue weighted by Crippen LogP contribution is 2.42. The van der Waals surface area contributed by atoms with Crippen LogP contribution < -0.4 is 10.1 Å². The van der Waals surface area contributed by atoms with Gasteiger partial charge in [-0.3, -0.25) is 9.69 Å². The van der Waals surface area contributed by atoms with E-state index in [2.05, 4.69) is 26.1 Å². The minimum atomic E-state index is -1.22. The Labute approximate surface area is 249 Å². The molecule has 2 N–H and O–H groups in total. The van der Waals surface area contributed by atoms with Gasteiger partial charge >= 0.3 is 0 Å². The van der Waals surface area contributed by atoms with Crippen molar-refractivity contribution in [2.75, 3.05) is 52.6 Å². The molecule has 1 amide bonds. The molecule has 0 aliphatic carbocycles. The fourth-order valence-electron chi connectivity index (χ4n) is 5.13. The summed E-state index contributed by atoms with van der Waals surface area (Å²) >= 11 is 3.52. The third kappa shape index (κ3) is 7.35. The van der Waals surface area contributed by atoms with Crippen LogP contribution >= 0.6 is 15.9 Å². The van der Waals surface area contributed by atoms with Gasteiger partial charge in [0.25, 0.3) is 5.91 Å². The Morgan fingerprint density at radius 1 is 1.05 bits per heavy atom. The first kappa shape index (κ1) is 29.3. The number of ether oxygens (including phenoxy) is 3. The van der Waals surface area contributed by atoms with Crippen LogP contribution in [0.25, 0.3) is 0 Å². The molecule has 3 aromatic rings. The maximum Gasteiger partial charge on any atom is 0.252 e. The Hall–Kier alpha value is -3.24. The number of aliphatic hydroxyl groups is 1. The van der Waals surface area contributed by atoms with Crippen molar-refractivity contribution < 1.29 is 24.1 Å². The number of halogens is 1. The molecule has 2 atom stereocenters. The van der Waals surface area contributed by atoms with E-state index in [0.717, 1.165) is 40.8 Å². The Morgan fingerprint density at radius 2 is 1.78 bits per heavy atom. The summed E-state index contributed by atoms with van der Waals surface area (Å²) < 4.78 is 18.7. The lowest BCUT2D eigenvalue weighted by Crippen LogP contribution is -2.51. The van der Waals surface area contributed by atoms with Crippen molar-refractivity contribution in [1.82, 2.24) is 10.2 Å². The van der Waals surface area contributed by atoms with Crippen LogP contribution in [0.4, 0.5) is 0 Å². The third-order valence-corrected chi connectivity index (χ3v) is 7.87. The van der Waals surface area contributed by atoms with E-state index in [9.17, 15) is 4.79 Å². The number of benzene rings is 3. The Balaban J connectivity index is 1.47. The standard InChI is InChI=1S/C32H36BrN3O5/c33-27-11-7-24(8-12-27)23-32(31(38)34-15-16-36-17-21-39-22-18-36)29(25-5-2-1-3-6-25)41-30(35-32)26-9-13-28(14-10-26)40-20-4-19-37/h1-3,5-14,29,37H,4,15-23H2,(H,34,38)/t29-,32-/m1/s1. The number of morpholine rings is 1. The quantitative estimate of drug-likeness (QED) is 0.295. The van der Waals surface area contributed by atoms with Crippen molar-refractivity contribution >= 4 is 27.7 Å². The third-order valence-electron chi connectivity index (χ3n) is 7.34. The highest BCUT2D eigenvalue weighted by molar-refractivity contribution is 9.10. The summed E-state index contributed by atoms with van der Waals surface area (Å²) in [6, 6.07) is 25.3. The molecule has 0 bridgehead atoms. The van der Waals surface area contributed by atoms with Gasteiger partial charge in [0.05, 0.1) is 19.8 Å². The zero-order chi connectivity index (χ0) is 28.5. The first-order valence-corrected chi connectivity index (χ1v) is 14.8. The van der Waals surface area contributed by atoms with E-state index < -0.39 is 11.6 Å². The molecule has 9 heteroatoms. The van der Waals surface area contributed by atoms with Crippen LogP contribution in [-0.4, -0.2) is 80.0 Å². The number of nitrogens with zero attached hydrogens (tertiary/aromatic N) is 2. The summed E-state index contributed by atoms with van der Waals surface area (Å²) in [7, 11) is 0. The first-order chi connectivity index (χ1) is 20.1. The number of hydrogen-bond donors (Lipinski definition) is 2. The molecule has 5 rings (SSSR count). The molecule has 0 radical (unpaired) electrons. The van der Waals surface area contributed by atoms with E-state index in [0.29, 0.717) is 50.9 Å². The summed E-state index contributed by atoms with van der Waals surface area (Å²) in [5, 5.41) is 12.2. The van der Waals surface area contributed by atoms with Crippen molar-refractivity contribution in [1.29, 1.82) is 0 Å². The average molecular weight is 623 g/mol. The van der Waals surface area contributed by atoms with Gasteiger partial charge in [-0.2, -0.15) is 0 Å². The monoisotopic (exact) mass is 621 g/mol. The lowest BCUT2D eigenvalue weighted by Gasteiger charge is -2.32. The number of carbonyl (C=O) groups is 1. The van der Waals surface area contributed by atoms with Crippen molar-refractivity contribution in [2.45, 2.75) is 24.5 Å². The molecule has 2 aliphatic heterocycles. The summed E-state index contributed by atoms with van der Waals surface area (Å²) in [5.74, 6) is 0.949. The van der Waals surface area contributed by atoms with Gasteiger partial charge in [-0.1, -0.05) is 58.4 Å². The van der Waals surface area contributed by atoms with Gasteiger partial charge in [0.2, 0.25) is 5.90 Å². The molecule has 216 valence electrons. The van der Waals surface area contributed by atoms with Crippen LogP contribution in [0.1, 0.15) is 29.2 Å². The van der Waals surface area contributed by atoms with E-state index in [1.54, 1.807) is 0 Å². The Bertz CT molecular complexity index is 1300. The predicted molar refractivity (Wildman–Crippen MR) is 161 cm³/mol. The van der Waals surface area contributed by atoms with Gasteiger partial charge in [0.15, 0.2) is 11.6 Å². The summed E-state index contributed by atoms with van der Waals surface area (Å²) in [4.78, 5) is 21.6. The molecule has 1 fully saturated rings. The van der Waals surface area contributed by atoms with E-state index in [-0.39, 0.29) is 12.5 Å². The number of aliphatic imine (C=N–C) groups is 1. The van der Waals surface area contributed by atoms with Crippen molar-refractivity contribution in [3.63, 3.8) is 0 Å². The number of carbonyl (C=O) groups excluding carboxylic acids is 1. The molecule has 0 unspecified atom stereocenters. The average Bonchev–Trinajstić information content (AvgIpc) is 3.40. The second-order valence-electron chi connectivity index (χ2n) is 10.2.